The predicted molar refractivity (Wildman–Crippen MR) is 68.7 cm³/mol. The summed E-state index contributed by atoms with van der Waals surface area (Å²) in [5, 5.41) is 2.59. The predicted octanol–water partition coefficient (Wildman–Crippen LogP) is 2.45. The van der Waals surface area contributed by atoms with Gasteiger partial charge in [-0.25, -0.2) is 4.39 Å². The summed E-state index contributed by atoms with van der Waals surface area (Å²) >= 11 is 7.73. The van der Waals surface area contributed by atoms with E-state index in [0.717, 1.165) is 0 Å². The van der Waals surface area contributed by atoms with Crippen LogP contribution >= 0.6 is 28.1 Å². The van der Waals surface area contributed by atoms with Crippen LogP contribution < -0.4 is 11.1 Å². The molecule has 1 aromatic carbocycles. The highest BCUT2D eigenvalue weighted by Crippen LogP contribution is 2.20. The summed E-state index contributed by atoms with van der Waals surface area (Å²) < 4.78 is 13.2. The highest BCUT2D eigenvalue weighted by atomic mass is 79.9. The Bertz CT molecular complexity index is 439. The van der Waals surface area contributed by atoms with Gasteiger partial charge in [0.05, 0.1) is 15.4 Å². The molecular formula is C10H10BrFN2OS. The molecule has 3 nitrogen and oxygen atoms in total. The van der Waals surface area contributed by atoms with Crippen molar-refractivity contribution in [2.75, 3.05) is 5.32 Å². The summed E-state index contributed by atoms with van der Waals surface area (Å²) in [4.78, 5) is 11.7. The molecular weight excluding hydrogens is 295 g/mol. The number of amides is 1. The lowest BCUT2D eigenvalue weighted by Crippen LogP contribution is -2.30. The summed E-state index contributed by atoms with van der Waals surface area (Å²) in [5.74, 6) is -1.26. The van der Waals surface area contributed by atoms with Crippen molar-refractivity contribution >= 4 is 44.7 Å². The number of carbonyl (C=O) groups excluding carboxylic acids is 1. The summed E-state index contributed by atoms with van der Waals surface area (Å²) in [5.41, 5.74) is 5.83. The normalized spacial score (nSPS) is 11.9. The van der Waals surface area contributed by atoms with E-state index in [2.05, 4.69) is 21.2 Å². The van der Waals surface area contributed by atoms with Gasteiger partial charge in [0.2, 0.25) is 5.91 Å². The van der Waals surface area contributed by atoms with Crippen LogP contribution in [0.1, 0.15) is 6.92 Å². The maximum Gasteiger partial charge on any atom is 0.234 e. The summed E-state index contributed by atoms with van der Waals surface area (Å²) in [6.45, 7) is 1.61. The van der Waals surface area contributed by atoms with Crippen LogP contribution in [-0.2, 0) is 4.79 Å². The molecule has 6 heteroatoms. The fourth-order valence-electron chi connectivity index (χ4n) is 0.954. The number of nitrogens with one attached hydrogen (secondary N) is 1. The molecule has 16 heavy (non-hydrogen) atoms. The SMILES string of the molecule is CC(C(=O)Nc1ccc(F)c(Br)c1)C(N)=S. The summed E-state index contributed by atoms with van der Waals surface area (Å²) in [6, 6.07) is 4.19. The van der Waals surface area contributed by atoms with Gasteiger partial charge in [-0.05, 0) is 41.1 Å². The molecule has 0 aliphatic heterocycles. The Morgan fingerprint density at radius 1 is 1.62 bits per heavy atom. The van der Waals surface area contributed by atoms with Crippen LogP contribution in [0.25, 0.3) is 0 Å². The molecule has 0 bridgehead atoms. The zero-order valence-corrected chi connectivity index (χ0v) is 10.9. The maximum atomic E-state index is 12.9. The molecule has 1 amide bonds. The van der Waals surface area contributed by atoms with Crippen molar-refractivity contribution in [2.45, 2.75) is 6.92 Å². The third-order valence-electron chi connectivity index (χ3n) is 2.01. The van der Waals surface area contributed by atoms with Crippen LogP contribution in [0.4, 0.5) is 10.1 Å². The quantitative estimate of drug-likeness (QED) is 0.843. The summed E-state index contributed by atoms with van der Waals surface area (Å²) in [7, 11) is 0. The highest BCUT2D eigenvalue weighted by molar-refractivity contribution is 9.10. The van der Waals surface area contributed by atoms with Gasteiger partial charge in [-0.2, -0.15) is 0 Å². The first kappa shape index (κ1) is 13.1. The van der Waals surface area contributed by atoms with Crippen molar-refractivity contribution in [3.05, 3.63) is 28.5 Å². The minimum Gasteiger partial charge on any atom is -0.393 e. The van der Waals surface area contributed by atoms with Gasteiger partial charge in [-0.15, -0.1) is 0 Å². The second-order valence-corrected chi connectivity index (χ2v) is 4.57. The number of rotatable bonds is 3. The van der Waals surface area contributed by atoms with Gasteiger partial charge < -0.3 is 11.1 Å². The van der Waals surface area contributed by atoms with Gasteiger partial charge in [-0.1, -0.05) is 12.2 Å². The van der Waals surface area contributed by atoms with Crippen molar-refractivity contribution < 1.29 is 9.18 Å². The number of halogens is 2. The van der Waals surface area contributed by atoms with Gasteiger partial charge in [-0.3, -0.25) is 4.79 Å². The van der Waals surface area contributed by atoms with E-state index in [4.69, 9.17) is 18.0 Å². The molecule has 0 saturated heterocycles. The Kier molecular flexibility index (Phi) is 4.37. The van der Waals surface area contributed by atoms with Gasteiger partial charge in [0.25, 0.3) is 0 Å². The number of carbonyl (C=O) groups is 1. The van der Waals surface area contributed by atoms with E-state index in [-0.39, 0.29) is 21.2 Å². The fraction of sp³-hybridized carbons (Fsp3) is 0.200. The van der Waals surface area contributed by atoms with E-state index in [1.165, 1.54) is 18.2 Å². The number of benzene rings is 1. The Morgan fingerprint density at radius 3 is 2.75 bits per heavy atom. The zero-order chi connectivity index (χ0) is 12.3. The molecule has 0 aromatic heterocycles. The zero-order valence-electron chi connectivity index (χ0n) is 8.46. The molecule has 0 aliphatic rings. The number of hydrogen-bond acceptors (Lipinski definition) is 2. The van der Waals surface area contributed by atoms with E-state index >= 15 is 0 Å². The Morgan fingerprint density at radius 2 is 2.25 bits per heavy atom. The van der Waals surface area contributed by atoms with E-state index in [0.29, 0.717) is 5.69 Å². The molecule has 1 unspecified atom stereocenters. The van der Waals surface area contributed by atoms with Crippen LogP contribution in [0.3, 0.4) is 0 Å². The molecule has 1 atom stereocenters. The fourth-order valence-corrected chi connectivity index (χ4v) is 1.44. The Balaban J connectivity index is 2.77. The maximum absolute atomic E-state index is 12.9. The standard InChI is InChI=1S/C10H10BrFN2OS/c1-5(9(13)16)10(15)14-6-2-3-8(12)7(11)4-6/h2-5H,1H3,(H2,13,16)(H,14,15). The monoisotopic (exact) mass is 304 g/mol. The topological polar surface area (TPSA) is 55.1 Å². The van der Waals surface area contributed by atoms with Crippen LogP contribution in [0.2, 0.25) is 0 Å². The van der Waals surface area contributed by atoms with Crippen molar-refractivity contribution in [1.82, 2.24) is 0 Å². The first-order valence-corrected chi connectivity index (χ1v) is 5.67. The number of nitrogens with two attached hydrogens (primary N) is 1. The van der Waals surface area contributed by atoms with Crippen molar-refractivity contribution in [3.8, 4) is 0 Å². The van der Waals surface area contributed by atoms with Gasteiger partial charge in [0.1, 0.15) is 5.82 Å². The van der Waals surface area contributed by atoms with Crippen LogP contribution in [0.5, 0.6) is 0 Å². The first-order valence-electron chi connectivity index (χ1n) is 4.47. The van der Waals surface area contributed by atoms with Crippen molar-refractivity contribution in [3.63, 3.8) is 0 Å². The number of anilines is 1. The molecule has 0 heterocycles. The second-order valence-electron chi connectivity index (χ2n) is 3.24. The average molecular weight is 305 g/mol. The Labute approximate surface area is 106 Å². The molecule has 86 valence electrons. The molecule has 1 aromatic rings. The lowest BCUT2D eigenvalue weighted by molar-refractivity contribution is -0.117. The van der Waals surface area contributed by atoms with Gasteiger partial charge in [0.15, 0.2) is 0 Å². The molecule has 0 spiro atoms. The Hall–Kier alpha value is -1.01. The molecule has 1 rings (SSSR count). The van der Waals surface area contributed by atoms with Gasteiger partial charge >= 0.3 is 0 Å². The van der Waals surface area contributed by atoms with Crippen LogP contribution in [-0.4, -0.2) is 10.9 Å². The minimum atomic E-state index is -0.557. The van der Waals surface area contributed by atoms with E-state index in [1.807, 2.05) is 0 Å². The lowest BCUT2D eigenvalue weighted by Gasteiger charge is -2.10. The second kappa shape index (κ2) is 5.36. The first-order chi connectivity index (χ1) is 7.41. The number of thiocarbonyl (C=S) groups is 1. The third-order valence-corrected chi connectivity index (χ3v) is 2.97. The van der Waals surface area contributed by atoms with Crippen LogP contribution in [0, 0.1) is 11.7 Å². The van der Waals surface area contributed by atoms with Gasteiger partial charge in [0, 0.05) is 5.69 Å². The molecule has 0 fully saturated rings. The van der Waals surface area contributed by atoms with Crippen LogP contribution in [0.15, 0.2) is 22.7 Å². The van der Waals surface area contributed by atoms with Crippen molar-refractivity contribution in [1.29, 1.82) is 0 Å². The van der Waals surface area contributed by atoms with E-state index < -0.39 is 5.92 Å². The number of hydrogen-bond donors (Lipinski definition) is 2. The molecule has 3 N–H and O–H groups in total. The summed E-state index contributed by atoms with van der Waals surface area (Å²) in [6.07, 6.45) is 0. The minimum absolute atomic E-state index is 0.124. The largest absolute Gasteiger partial charge is 0.393 e. The smallest absolute Gasteiger partial charge is 0.234 e. The van der Waals surface area contributed by atoms with E-state index in [1.54, 1.807) is 6.92 Å². The molecule has 0 radical (unpaired) electrons. The van der Waals surface area contributed by atoms with Crippen molar-refractivity contribution in [2.24, 2.45) is 11.7 Å². The molecule has 0 aliphatic carbocycles. The van der Waals surface area contributed by atoms with E-state index in [9.17, 15) is 9.18 Å². The lowest BCUT2D eigenvalue weighted by atomic mass is 10.1. The molecule has 0 saturated carbocycles. The average Bonchev–Trinajstić information content (AvgIpc) is 2.22. The third kappa shape index (κ3) is 3.24. The highest BCUT2D eigenvalue weighted by Gasteiger charge is 2.15.